The summed E-state index contributed by atoms with van der Waals surface area (Å²) in [4.78, 5) is 46.1. The smallest absolute Gasteiger partial charge is 0.318 e. The van der Waals surface area contributed by atoms with Gasteiger partial charge in [0.1, 0.15) is 0 Å². The Bertz CT molecular complexity index is 1330. The number of hydrogen-bond donors (Lipinski definition) is 0. The molecule has 3 aromatic heterocycles. The van der Waals surface area contributed by atoms with Crippen molar-refractivity contribution in [3.8, 4) is 0 Å². The Hall–Kier alpha value is -2.82. The molecule has 0 radical (unpaired) electrons. The summed E-state index contributed by atoms with van der Waals surface area (Å²) in [5.74, 6) is 0.699. The molecule has 2 saturated heterocycles. The van der Waals surface area contributed by atoms with E-state index in [0.29, 0.717) is 54.1 Å². The molecule has 1 atom stereocenters. The summed E-state index contributed by atoms with van der Waals surface area (Å²) < 4.78 is 2.87. The number of nitrogens with zero attached hydrogens (tertiary/aromatic N) is 8. The van der Waals surface area contributed by atoms with Crippen molar-refractivity contribution < 1.29 is 0 Å². The molecule has 2 aliphatic rings. The third-order valence-electron chi connectivity index (χ3n) is 7.36. The van der Waals surface area contributed by atoms with Crippen LogP contribution in [0.5, 0.6) is 0 Å². The van der Waals surface area contributed by atoms with E-state index in [0.717, 1.165) is 31.7 Å². The second-order valence-electron chi connectivity index (χ2n) is 9.71. The lowest BCUT2D eigenvalue weighted by Gasteiger charge is -2.37. The van der Waals surface area contributed by atoms with Crippen LogP contribution >= 0.6 is 11.6 Å². The zero-order valence-electron chi connectivity index (χ0n) is 20.4. The first-order valence-corrected chi connectivity index (χ1v) is 12.4. The predicted molar refractivity (Wildman–Crippen MR) is 136 cm³/mol. The van der Waals surface area contributed by atoms with E-state index in [1.807, 2.05) is 12.4 Å². The minimum Gasteiger partial charge on any atom is -0.341 e. The van der Waals surface area contributed by atoms with Crippen molar-refractivity contribution >= 4 is 28.7 Å². The Morgan fingerprint density at radius 1 is 0.971 bits per heavy atom. The lowest BCUT2D eigenvalue weighted by Crippen LogP contribution is -2.49. The Kier molecular flexibility index (Phi) is 6.61. The highest BCUT2D eigenvalue weighted by atomic mass is 35.5. The molecule has 35 heavy (non-hydrogen) atoms. The van der Waals surface area contributed by atoms with Gasteiger partial charge in [0.15, 0.2) is 5.65 Å². The number of rotatable bonds is 4. The molecule has 2 fully saturated rings. The van der Waals surface area contributed by atoms with Crippen LogP contribution in [0, 0.1) is 0 Å². The minimum atomic E-state index is -0.572. The van der Waals surface area contributed by atoms with Gasteiger partial charge in [-0.25, -0.2) is 15.0 Å². The Morgan fingerprint density at radius 2 is 1.69 bits per heavy atom. The van der Waals surface area contributed by atoms with Gasteiger partial charge in [0, 0.05) is 82.6 Å². The fourth-order valence-electron chi connectivity index (χ4n) is 5.09. The van der Waals surface area contributed by atoms with Crippen molar-refractivity contribution in [3.05, 3.63) is 56.0 Å². The van der Waals surface area contributed by atoms with Crippen LogP contribution in [0.4, 0.5) is 5.95 Å². The van der Waals surface area contributed by atoms with Gasteiger partial charge in [-0.3, -0.25) is 19.1 Å². The molecule has 0 spiro atoms. The van der Waals surface area contributed by atoms with E-state index in [1.54, 1.807) is 17.7 Å². The van der Waals surface area contributed by atoms with Crippen molar-refractivity contribution in [2.45, 2.75) is 38.4 Å². The van der Waals surface area contributed by atoms with Crippen LogP contribution in [0.2, 0.25) is 5.02 Å². The molecule has 11 heteroatoms. The molecule has 0 amide bonds. The maximum absolute atomic E-state index is 12.9. The van der Waals surface area contributed by atoms with Gasteiger partial charge < -0.3 is 14.4 Å². The predicted octanol–water partition coefficient (Wildman–Crippen LogP) is 1.52. The number of pyridine rings is 1. The van der Waals surface area contributed by atoms with Gasteiger partial charge in [-0.2, -0.15) is 0 Å². The minimum absolute atomic E-state index is 0.123. The molecule has 0 aromatic carbocycles. The zero-order valence-corrected chi connectivity index (χ0v) is 21.1. The lowest BCUT2D eigenvalue weighted by atomic mass is 10.0. The van der Waals surface area contributed by atoms with Crippen molar-refractivity contribution in [2.24, 2.45) is 7.05 Å². The maximum atomic E-state index is 12.9. The van der Waals surface area contributed by atoms with Crippen molar-refractivity contribution in [2.75, 3.05) is 44.7 Å². The molecular formula is C24H31ClN8O2. The summed E-state index contributed by atoms with van der Waals surface area (Å²) in [5.41, 5.74) is 1.03. The van der Waals surface area contributed by atoms with Crippen LogP contribution in [-0.4, -0.2) is 79.7 Å². The number of piperazine rings is 1. The monoisotopic (exact) mass is 498 g/mol. The first-order chi connectivity index (χ1) is 16.8. The molecule has 2 aliphatic heterocycles. The van der Waals surface area contributed by atoms with Crippen LogP contribution < -0.4 is 16.0 Å². The van der Waals surface area contributed by atoms with Crippen molar-refractivity contribution in [3.63, 3.8) is 0 Å². The summed E-state index contributed by atoms with van der Waals surface area (Å²) in [5, 5.41) is 0.426. The standard InChI is InChI=1S/C24H31ClN8O2/c1-16-14-31(9-8-29(16)2)15-17-11-27-24(28-12-17)32-6-4-19(5-7-32)33-21-20(10-18(25)13-26-21)30(3)22(34)23(33)35/h10-13,16,19H,4-9,14-15H2,1-3H3/t16-/m1/s1. The van der Waals surface area contributed by atoms with E-state index >= 15 is 0 Å². The molecule has 0 N–H and O–H groups in total. The molecule has 5 rings (SSSR count). The molecule has 3 aromatic rings. The van der Waals surface area contributed by atoms with E-state index in [2.05, 4.69) is 43.6 Å². The fourth-order valence-corrected chi connectivity index (χ4v) is 5.24. The summed E-state index contributed by atoms with van der Waals surface area (Å²) in [7, 11) is 3.74. The first-order valence-electron chi connectivity index (χ1n) is 12.1. The summed E-state index contributed by atoms with van der Waals surface area (Å²) in [6.07, 6.45) is 6.74. The van der Waals surface area contributed by atoms with E-state index in [1.165, 1.54) is 10.8 Å². The average Bonchev–Trinajstić information content (AvgIpc) is 2.86. The topological polar surface area (TPSA) is 92.4 Å². The number of anilines is 1. The highest BCUT2D eigenvalue weighted by Crippen LogP contribution is 2.26. The number of likely N-dealkylation sites (N-methyl/N-ethyl adjacent to an activating group) is 1. The quantitative estimate of drug-likeness (QED) is 0.500. The molecule has 10 nitrogen and oxygen atoms in total. The molecular weight excluding hydrogens is 468 g/mol. The van der Waals surface area contributed by atoms with Crippen LogP contribution in [0.3, 0.4) is 0 Å². The number of aryl methyl sites for hydroxylation is 1. The van der Waals surface area contributed by atoms with E-state index < -0.39 is 11.1 Å². The largest absolute Gasteiger partial charge is 0.341 e. The van der Waals surface area contributed by atoms with Gasteiger partial charge in [0.2, 0.25) is 5.95 Å². The Balaban J connectivity index is 1.28. The third-order valence-corrected chi connectivity index (χ3v) is 7.57. The number of fused-ring (bicyclic) bond motifs is 1. The Morgan fingerprint density at radius 3 is 2.37 bits per heavy atom. The van der Waals surface area contributed by atoms with Gasteiger partial charge in [-0.05, 0) is 32.9 Å². The fraction of sp³-hybridized carbons (Fsp3) is 0.542. The van der Waals surface area contributed by atoms with E-state index in [4.69, 9.17) is 11.6 Å². The number of halogens is 1. The summed E-state index contributed by atoms with van der Waals surface area (Å²) >= 11 is 6.10. The van der Waals surface area contributed by atoms with Gasteiger partial charge >= 0.3 is 11.1 Å². The van der Waals surface area contributed by atoms with Crippen LogP contribution in [-0.2, 0) is 13.6 Å². The molecule has 0 aliphatic carbocycles. The molecule has 186 valence electrons. The second kappa shape index (κ2) is 9.67. The number of aromatic nitrogens is 5. The zero-order chi connectivity index (χ0) is 24.7. The molecule has 5 heterocycles. The van der Waals surface area contributed by atoms with Gasteiger partial charge in [0.25, 0.3) is 0 Å². The second-order valence-corrected chi connectivity index (χ2v) is 10.1. The van der Waals surface area contributed by atoms with Crippen LogP contribution in [0.25, 0.3) is 11.2 Å². The Labute approximate surface area is 208 Å². The van der Waals surface area contributed by atoms with Crippen molar-refractivity contribution in [1.82, 2.24) is 33.9 Å². The average molecular weight is 499 g/mol. The maximum Gasteiger partial charge on any atom is 0.318 e. The SMILES string of the molecule is C[C@@H]1CN(Cc2cnc(N3CCC(n4c(=O)c(=O)n(C)c5cc(Cl)cnc54)CC3)nc2)CCN1C. The van der Waals surface area contributed by atoms with Crippen LogP contribution in [0.1, 0.15) is 31.4 Å². The van der Waals surface area contributed by atoms with E-state index in [-0.39, 0.29) is 6.04 Å². The number of hydrogen-bond acceptors (Lipinski definition) is 8. The third kappa shape index (κ3) is 4.70. The highest BCUT2D eigenvalue weighted by molar-refractivity contribution is 6.31. The lowest BCUT2D eigenvalue weighted by molar-refractivity contribution is 0.0998. The van der Waals surface area contributed by atoms with Gasteiger partial charge in [-0.1, -0.05) is 11.6 Å². The van der Waals surface area contributed by atoms with E-state index in [9.17, 15) is 9.59 Å². The first kappa shape index (κ1) is 23.9. The van der Waals surface area contributed by atoms with Gasteiger partial charge in [0.05, 0.1) is 10.5 Å². The molecule has 0 unspecified atom stereocenters. The van der Waals surface area contributed by atoms with Crippen molar-refractivity contribution in [1.29, 1.82) is 0 Å². The summed E-state index contributed by atoms with van der Waals surface area (Å²) in [6, 6.07) is 2.10. The summed E-state index contributed by atoms with van der Waals surface area (Å²) in [6.45, 7) is 7.66. The molecule has 0 bridgehead atoms. The molecule has 0 saturated carbocycles. The highest BCUT2D eigenvalue weighted by Gasteiger charge is 2.26. The number of piperidine rings is 1. The van der Waals surface area contributed by atoms with Crippen LogP contribution in [0.15, 0.2) is 34.2 Å². The normalized spacial score (nSPS) is 20.6. The van der Waals surface area contributed by atoms with Gasteiger partial charge in [-0.15, -0.1) is 0 Å².